The lowest BCUT2D eigenvalue weighted by molar-refractivity contribution is -0.115. The highest BCUT2D eigenvalue weighted by molar-refractivity contribution is 7.89. The summed E-state index contributed by atoms with van der Waals surface area (Å²) in [5.41, 5.74) is -1.16. The van der Waals surface area contributed by atoms with E-state index in [0.29, 0.717) is 6.07 Å². The van der Waals surface area contributed by atoms with Gasteiger partial charge in [-0.15, -0.1) is 0 Å². The van der Waals surface area contributed by atoms with Crippen LogP contribution in [0.4, 0.5) is 18.9 Å². The first kappa shape index (κ1) is 16.5. The number of nitrogens with two attached hydrogens (primary N) is 1. The minimum atomic E-state index is -4.58. The Kier molecular flexibility index (Phi) is 4.52. The number of anilines is 1. The molecule has 0 radical (unpaired) electrons. The fourth-order valence-electron chi connectivity index (χ4n) is 1.29. The van der Waals surface area contributed by atoms with Crippen molar-refractivity contribution in [2.45, 2.75) is 11.1 Å². The van der Waals surface area contributed by atoms with Gasteiger partial charge < -0.3 is 10.4 Å². The molecule has 1 aromatic carbocycles. The zero-order valence-corrected chi connectivity index (χ0v) is 11.1. The van der Waals surface area contributed by atoms with Crippen molar-refractivity contribution in [3.63, 3.8) is 0 Å². The van der Waals surface area contributed by atoms with Crippen molar-refractivity contribution in [1.29, 1.82) is 0 Å². The Bertz CT molecular complexity index is 645. The lowest BCUT2D eigenvalue weighted by atomic mass is 10.2. The molecule has 0 amide bonds. The van der Waals surface area contributed by atoms with E-state index >= 15 is 0 Å². The maximum atomic E-state index is 12.1. The molecule has 6 nitrogen and oxygen atoms in total. The van der Waals surface area contributed by atoms with E-state index in [9.17, 15) is 26.4 Å². The van der Waals surface area contributed by atoms with Crippen LogP contribution in [-0.2, 0) is 10.0 Å². The molecule has 0 aliphatic heterocycles. The molecule has 0 spiro atoms. The standard InChI is InChI=1S/C9H8ClF3N2O4S/c10-5-2-6(15-3-9(11,12)13)4(8(16)17)1-7(5)20(14,18)19/h1-2,15H,3H2,(H,16,17)(H2,14,18,19). The van der Waals surface area contributed by atoms with E-state index in [1.807, 2.05) is 5.32 Å². The summed E-state index contributed by atoms with van der Waals surface area (Å²) in [4.78, 5) is 10.3. The van der Waals surface area contributed by atoms with Crippen molar-refractivity contribution in [2.24, 2.45) is 5.14 Å². The van der Waals surface area contributed by atoms with Gasteiger partial charge in [0.1, 0.15) is 11.4 Å². The van der Waals surface area contributed by atoms with Crippen molar-refractivity contribution >= 4 is 33.3 Å². The van der Waals surface area contributed by atoms with Gasteiger partial charge in [0.2, 0.25) is 10.0 Å². The van der Waals surface area contributed by atoms with Crippen LogP contribution in [0.15, 0.2) is 17.0 Å². The lowest BCUT2D eigenvalue weighted by Gasteiger charge is -2.13. The normalized spacial score (nSPS) is 12.2. The molecule has 0 unspecified atom stereocenters. The van der Waals surface area contributed by atoms with Gasteiger partial charge in [0.05, 0.1) is 16.3 Å². The number of aromatic carboxylic acids is 1. The molecular formula is C9H8ClF3N2O4S. The van der Waals surface area contributed by atoms with Gasteiger partial charge in [-0.1, -0.05) is 11.6 Å². The van der Waals surface area contributed by atoms with Gasteiger partial charge in [-0.05, 0) is 12.1 Å². The van der Waals surface area contributed by atoms with Crippen molar-refractivity contribution in [3.8, 4) is 0 Å². The van der Waals surface area contributed by atoms with E-state index in [4.69, 9.17) is 21.8 Å². The molecule has 1 rings (SSSR count). The van der Waals surface area contributed by atoms with E-state index < -0.39 is 49.9 Å². The fourth-order valence-corrected chi connectivity index (χ4v) is 2.39. The third-order valence-electron chi connectivity index (χ3n) is 2.09. The Morgan fingerprint density at radius 1 is 1.40 bits per heavy atom. The number of alkyl halides is 3. The van der Waals surface area contributed by atoms with Gasteiger partial charge in [0, 0.05) is 0 Å². The highest BCUT2D eigenvalue weighted by Gasteiger charge is 2.28. The van der Waals surface area contributed by atoms with Crippen molar-refractivity contribution in [2.75, 3.05) is 11.9 Å². The molecule has 0 aromatic heterocycles. The van der Waals surface area contributed by atoms with Gasteiger partial charge in [0.15, 0.2) is 0 Å². The predicted molar refractivity (Wildman–Crippen MR) is 64.3 cm³/mol. The highest BCUT2D eigenvalue weighted by Crippen LogP contribution is 2.29. The average molecular weight is 333 g/mol. The van der Waals surface area contributed by atoms with Gasteiger partial charge >= 0.3 is 12.1 Å². The van der Waals surface area contributed by atoms with E-state index in [1.54, 1.807) is 0 Å². The molecule has 20 heavy (non-hydrogen) atoms. The number of rotatable bonds is 4. The highest BCUT2D eigenvalue weighted by atomic mass is 35.5. The molecule has 11 heteroatoms. The Morgan fingerprint density at radius 2 is 1.95 bits per heavy atom. The van der Waals surface area contributed by atoms with Crippen LogP contribution in [0.5, 0.6) is 0 Å². The predicted octanol–water partition coefficient (Wildman–Crippen LogP) is 1.66. The second-order valence-corrected chi connectivity index (χ2v) is 5.58. The molecule has 0 aliphatic carbocycles. The fraction of sp³-hybridized carbons (Fsp3) is 0.222. The zero-order valence-electron chi connectivity index (χ0n) is 9.53. The minimum absolute atomic E-state index is 0.466. The second-order valence-electron chi connectivity index (χ2n) is 3.65. The molecule has 0 saturated carbocycles. The Labute approximate surface area is 116 Å². The van der Waals surface area contributed by atoms with E-state index in [0.717, 1.165) is 6.07 Å². The van der Waals surface area contributed by atoms with E-state index in [2.05, 4.69) is 0 Å². The van der Waals surface area contributed by atoms with Gasteiger partial charge in [-0.25, -0.2) is 18.4 Å². The minimum Gasteiger partial charge on any atom is -0.478 e. The van der Waals surface area contributed by atoms with Gasteiger partial charge in [-0.2, -0.15) is 13.2 Å². The molecule has 0 bridgehead atoms. The Hall–Kier alpha value is -1.52. The molecule has 0 aliphatic rings. The van der Waals surface area contributed by atoms with E-state index in [1.165, 1.54) is 0 Å². The molecule has 0 heterocycles. The molecule has 1 aromatic rings. The smallest absolute Gasteiger partial charge is 0.405 e. The van der Waals surface area contributed by atoms with Crippen molar-refractivity contribution < 1.29 is 31.5 Å². The Morgan fingerprint density at radius 3 is 2.35 bits per heavy atom. The van der Waals surface area contributed by atoms with Crippen LogP contribution in [0, 0.1) is 0 Å². The maximum absolute atomic E-state index is 12.1. The molecular weight excluding hydrogens is 325 g/mol. The van der Waals surface area contributed by atoms with Crippen LogP contribution in [0.25, 0.3) is 0 Å². The summed E-state index contributed by atoms with van der Waals surface area (Å²) in [6.07, 6.45) is -4.58. The summed E-state index contributed by atoms with van der Waals surface area (Å²) in [6, 6.07) is 1.36. The zero-order chi connectivity index (χ0) is 15.7. The monoisotopic (exact) mass is 332 g/mol. The summed E-state index contributed by atoms with van der Waals surface area (Å²) >= 11 is 5.57. The van der Waals surface area contributed by atoms with Crippen LogP contribution in [0.3, 0.4) is 0 Å². The largest absolute Gasteiger partial charge is 0.478 e. The summed E-state index contributed by atoms with van der Waals surface area (Å²) in [7, 11) is -4.29. The summed E-state index contributed by atoms with van der Waals surface area (Å²) in [5.74, 6) is -1.63. The number of hydrogen-bond donors (Lipinski definition) is 3. The first-order valence-corrected chi connectivity index (χ1v) is 6.74. The van der Waals surface area contributed by atoms with Crippen LogP contribution in [-0.4, -0.2) is 32.2 Å². The van der Waals surface area contributed by atoms with Crippen LogP contribution in [0.1, 0.15) is 10.4 Å². The number of carboxylic acid groups (broad SMARTS) is 1. The topological polar surface area (TPSA) is 109 Å². The third-order valence-corrected chi connectivity index (χ3v) is 3.46. The van der Waals surface area contributed by atoms with Crippen LogP contribution < -0.4 is 10.5 Å². The SMILES string of the molecule is NS(=O)(=O)c1cc(C(=O)O)c(NCC(F)(F)F)cc1Cl. The number of sulfonamides is 1. The van der Waals surface area contributed by atoms with Crippen LogP contribution in [0.2, 0.25) is 5.02 Å². The average Bonchev–Trinajstić information content (AvgIpc) is 2.23. The first-order valence-electron chi connectivity index (χ1n) is 4.82. The number of carbonyl (C=O) groups is 1. The number of hydrogen-bond acceptors (Lipinski definition) is 4. The summed E-state index contributed by atoms with van der Waals surface area (Å²) in [6.45, 7) is -1.50. The molecule has 112 valence electrons. The molecule has 0 saturated heterocycles. The first-order chi connectivity index (χ1) is 8.92. The summed E-state index contributed by atoms with van der Waals surface area (Å²) in [5, 5.41) is 15.0. The number of benzene rings is 1. The quantitative estimate of drug-likeness (QED) is 0.776. The number of primary sulfonamides is 1. The van der Waals surface area contributed by atoms with Gasteiger partial charge in [0.25, 0.3) is 0 Å². The van der Waals surface area contributed by atoms with Crippen LogP contribution >= 0.6 is 11.6 Å². The maximum Gasteiger partial charge on any atom is 0.405 e. The molecule has 0 fully saturated rings. The number of carboxylic acids is 1. The second kappa shape index (κ2) is 5.46. The Balaban J connectivity index is 3.33. The van der Waals surface area contributed by atoms with E-state index in [-0.39, 0.29) is 0 Å². The third kappa shape index (κ3) is 4.25. The van der Waals surface area contributed by atoms with Crippen molar-refractivity contribution in [3.05, 3.63) is 22.7 Å². The molecule has 0 atom stereocenters. The number of nitrogens with one attached hydrogen (secondary N) is 1. The van der Waals surface area contributed by atoms with Crippen molar-refractivity contribution in [1.82, 2.24) is 0 Å². The summed E-state index contributed by atoms with van der Waals surface area (Å²) < 4.78 is 58.6. The van der Waals surface area contributed by atoms with Gasteiger partial charge in [-0.3, -0.25) is 0 Å². The lowest BCUT2D eigenvalue weighted by Crippen LogP contribution is -2.23. The number of halogens is 4. The molecule has 4 N–H and O–H groups in total.